The van der Waals surface area contributed by atoms with Crippen LogP contribution in [-0.2, 0) is 14.3 Å². The Morgan fingerprint density at radius 1 is 1.23 bits per heavy atom. The van der Waals surface area contributed by atoms with Crippen LogP contribution in [0.4, 0.5) is 20.2 Å². The van der Waals surface area contributed by atoms with Crippen LogP contribution in [-0.4, -0.2) is 68.1 Å². The molecule has 1 aliphatic heterocycles. The van der Waals surface area contributed by atoms with Crippen molar-refractivity contribution in [1.82, 2.24) is 10.2 Å². The van der Waals surface area contributed by atoms with Crippen molar-refractivity contribution in [3.8, 4) is 0 Å². The largest absolute Gasteiger partial charge is 0.370 e. The molecular formula is C28H35ClF2N4O4S. The summed E-state index contributed by atoms with van der Waals surface area (Å²) in [6.07, 6.45) is 0.401. The molecule has 2 N–H and O–H groups in total. The number of amides is 3. The lowest BCUT2D eigenvalue weighted by atomic mass is 9.84. The first-order valence-electron chi connectivity index (χ1n) is 13.5. The number of alkyl halides is 2. The molecule has 3 amide bonds. The van der Waals surface area contributed by atoms with Crippen molar-refractivity contribution in [1.29, 1.82) is 0 Å². The number of rotatable bonds is 12. The van der Waals surface area contributed by atoms with Gasteiger partial charge in [0.2, 0.25) is 5.91 Å². The van der Waals surface area contributed by atoms with Crippen molar-refractivity contribution in [2.24, 2.45) is 11.8 Å². The zero-order valence-electron chi connectivity index (χ0n) is 22.6. The number of thiophene rings is 1. The van der Waals surface area contributed by atoms with Crippen molar-refractivity contribution < 1.29 is 27.9 Å². The summed E-state index contributed by atoms with van der Waals surface area (Å²) in [5.41, 5.74) is -0.0824. The number of anilines is 2. The van der Waals surface area contributed by atoms with Crippen LogP contribution in [0.5, 0.6) is 0 Å². The second-order valence-electron chi connectivity index (χ2n) is 10.6. The third kappa shape index (κ3) is 7.78. The molecule has 1 atom stereocenters. The van der Waals surface area contributed by atoms with Gasteiger partial charge in [-0.1, -0.05) is 31.9 Å². The van der Waals surface area contributed by atoms with Gasteiger partial charge < -0.3 is 20.3 Å². The van der Waals surface area contributed by atoms with Crippen molar-refractivity contribution in [3.63, 3.8) is 0 Å². The number of nitrogens with zero attached hydrogens (tertiary/aromatic N) is 2. The Morgan fingerprint density at radius 2 is 2.00 bits per heavy atom. The molecule has 2 fully saturated rings. The maximum Gasteiger partial charge on any atom is 0.265 e. The summed E-state index contributed by atoms with van der Waals surface area (Å²) in [7, 11) is 0. The fourth-order valence-corrected chi connectivity index (χ4v) is 5.88. The van der Waals surface area contributed by atoms with Gasteiger partial charge in [0, 0.05) is 43.1 Å². The molecule has 1 saturated carbocycles. The van der Waals surface area contributed by atoms with Crippen LogP contribution in [0.15, 0.2) is 30.3 Å². The zero-order valence-corrected chi connectivity index (χ0v) is 24.2. The fourth-order valence-electron chi connectivity index (χ4n) is 4.92. The molecule has 12 heteroatoms. The Hall–Kier alpha value is -2.60. The van der Waals surface area contributed by atoms with E-state index in [-0.39, 0.29) is 48.7 Å². The zero-order chi connectivity index (χ0) is 28.8. The third-order valence-electron chi connectivity index (χ3n) is 7.14. The summed E-state index contributed by atoms with van der Waals surface area (Å²) in [5.74, 6) is -0.462. The van der Waals surface area contributed by atoms with Crippen LogP contribution >= 0.6 is 22.9 Å². The molecule has 4 rings (SSSR count). The molecule has 218 valence electrons. The van der Waals surface area contributed by atoms with E-state index < -0.39 is 18.4 Å². The minimum absolute atomic E-state index is 0.00397. The highest BCUT2D eigenvalue weighted by Gasteiger charge is 2.32. The Balaban J connectivity index is 1.57. The molecule has 40 heavy (non-hydrogen) atoms. The molecule has 2 aliphatic rings. The first-order chi connectivity index (χ1) is 19.1. The Kier molecular flexibility index (Phi) is 10.5. The number of hydrogen-bond donors (Lipinski definition) is 2. The maximum atomic E-state index is 14.2. The van der Waals surface area contributed by atoms with Gasteiger partial charge >= 0.3 is 0 Å². The molecule has 0 unspecified atom stereocenters. The minimum Gasteiger partial charge on any atom is -0.370 e. The van der Waals surface area contributed by atoms with Gasteiger partial charge in [0.15, 0.2) is 0 Å². The average Bonchev–Trinajstić information content (AvgIpc) is 3.32. The van der Waals surface area contributed by atoms with E-state index in [4.69, 9.17) is 16.3 Å². The molecule has 2 aromatic rings. The number of hydrogen-bond acceptors (Lipinski definition) is 6. The molecule has 0 radical (unpaired) electrons. The lowest BCUT2D eigenvalue weighted by Gasteiger charge is -2.37. The van der Waals surface area contributed by atoms with E-state index in [2.05, 4.69) is 24.5 Å². The molecule has 1 aromatic heterocycles. The van der Waals surface area contributed by atoms with E-state index in [1.165, 1.54) is 17.0 Å². The van der Waals surface area contributed by atoms with Crippen molar-refractivity contribution >= 4 is 52.0 Å². The lowest BCUT2D eigenvalue weighted by Crippen LogP contribution is -2.53. The average molecular weight is 597 g/mol. The highest BCUT2D eigenvalue weighted by atomic mass is 35.5. The molecule has 0 spiro atoms. The molecule has 2 heterocycles. The second-order valence-corrected chi connectivity index (χ2v) is 12.3. The number of morpholine rings is 1. The van der Waals surface area contributed by atoms with Crippen LogP contribution in [0.2, 0.25) is 4.34 Å². The number of carbonyl (C=O) groups excluding carboxylic acids is 3. The highest BCUT2D eigenvalue weighted by molar-refractivity contribution is 7.18. The van der Waals surface area contributed by atoms with Gasteiger partial charge in [0.1, 0.15) is 12.6 Å². The fraction of sp³-hybridized carbons (Fsp3) is 0.536. The number of ether oxygens (including phenoxy) is 1. The molecular weight excluding hydrogens is 562 g/mol. The van der Waals surface area contributed by atoms with Crippen LogP contribution in [0.3, 0.4) is 0 Å². The van der Waals surface area contributed by atoms with Gasteiger partial charge in [-0.3, -0.25) is 19.3 Å². The summed E-state index contributed by atoms with van der Waals surface area (Å²) in [4.78, 5) is 42.6. The maximum absolute atomic E-state index is 14.2. The van der Waals surface area contributed by atoms with E-state index in [0.29, 0.717) is 40.5 Å². The van der Waals surface area contributed by atoms with E-state index >= 15 is 0 Å². The van der Waals surface area contributed by atoms with Gasteiger partial charge in [-0.05, 0) is 55.0 Å². The van der Waals surface area contributed by atoms with Gasteiger partial charge in [-0.2, -0.15) is 0 Å². The van der Waals surface area contributed by atoms with E-state index in [1.54, 1.807) is 18.2 Å². The lowest BCUT2D eigenvalue weighted by molar-refractivity contribution is -0.125. The Morgan fingerprint density at radius 3 is 2.60 bits per heavy atom. The van der Waals surface area contributed by atoms with E-state index in [9.17, 15) is 23.2 Å². The van der Waals surface area contributed by atoms with Crippen LogP contribution in [0.25, 0.3) is 0 Å². The van der Waals surface area contributed by atoms with Gasteiger partial charge in [0.25, 0.3) is 18.2 Å². The molecule has 8 nitrogen and oxygen atoms in total. The summed E-state index contributed by atoms with van der Waals surface area (Å²) >= 11 is 7.12. The van der Waals surface area contributed by atoms with Gasteiger partial charge in [0.05, 0.1) is 15.8 Å². The first kappa shape index (κ1) is 30.4. The minimum atomic E-state index is -2.88. The van der Waals surface area contributed by atoms with E-state index in [0.717, 1.165) is 30.6 Å². The third-order valence-corrected chi connectivity index (χ3v) is 8.37. The predicted octanol–water partition coefficient (Wildman–Crippen LogP) is 5.20. The quantitative estimate of drug-likeness (QED) is 0.352. The topological polar surface area (TPSA) is 91.0 Å². The van der Waals surface area contributed by atoms with Crippen LogP contribution < -0.4 is 15.5 Å². The summed E-state index contributed by atoms with van der Waals surface area (Å²) in [6.45, 7) is 5.85. The number of carbonyl (C=O) groups is 3. The molecule has 1 aliphatic carbocycles. The van der Waals surface area contributed by atoms with Crippen molar-refractivity contribution in [2.75, 3.05) is 49.6 Å². The molecule has 1 saturated heterocycles. The standard InChI is InChI=1S/C28H35ClF2N4O4S/c1-17(2)14-34(15-18-4-3-5-18)22(13-32-28(38)23-8-9-24(29)40-23)27(37)33-21-7-6-19(12-20(21)26(30)31)35-10-11-39-16-25(35)36/h6-9,12,17-18,22,26H,3-5,10-11,13-16H2,1-2H3,(H,32,38)(H,33,37)/t22-/m1/s1. The van der Waals surface area contributed by atoms with Gasteiger partial charge in [-0.25, -0.2) is 8.78 Å². The van der Waals surface area contributed by atoms with Crippen molar-refractivity contribution in [3.05, 3.63) is 45.1 Å². The van der Waals surface area contributed by atoms with E-state index in [1.807, 2.05) is 4.90 Å². The number of benzene rings is 1. The molecule has 1 aromatic carbocycles. The first-order valence-corrected chi connectivity index (χ1v) is 14.7. The normalized spacial score (nSPS) is 16.9. The smallest absolute Gasteiger partial charge is 0.265 e. The summed E-state index contributed by atoms with van der Waals surface area (Å²) in [6, 6.07) is 6.65. The number of nitrogens with one attached hydrogen (secondary N) is 2. The Bertz CT molecular complexity index is 1210. The monoisotopic (exact) mass is 596 g/mol. The van der Waals surface area contributed by atoms with Crippen molar-refractivity contribution in [2.45, 2.75) is 45.6 Å². The predicted molar refractivity (Wildman–Crippen MR) is 152 cm³/mol. The second kappa shape index (κ2) is 13.8. The number of halogens is 3. The molecule has 0 bridgehead atoms. The SMILES string of the molecule is CC(C)CN(CC1CCC1)[C@H](CNC(=O)c1ccc(Cl)s1)C(=O)Nc1ccc(N2CCOCC2=O)cc1C(F)F. The van der Waals surface area contributed by atoms with Crippen LogP contribution in [0, 0.1) is 11.8 Å². The van der Waals surface area contributed by atoms with Gasteiger partial charge in [-0.15, -0.1) is 11.3 Å². The Labute approximate surface area is 242 Å². The highest BCUT2D eigenvalue weighted by Crippen LogP contribution is 2.33. The summed E-state index contributed by atoms with van der Waals surface area (Å²) < 4.78 is 33.9. The van der Waals surface area contributed by atoms with Crippen LogP contribution in [0.1, 0.15) is 54.8 Å². The summed E-state index contributed by atoms with van der Waals surface area (Å²) in [5, 5.41) is 5.55.